The Bertz CT molecular complexity index is 681. The van der Waals surface area contributed by atoms with Gasteiger partial charge in [0.15, 0.2) is 0 Å². The molecule has 134 valence electrons. The molecular formula is C18H23N3O4. The number of methoxy groups -OCH3 is 1. The summed E-state index contributed by atoms with van der Waals surface area (Å²) in [4.78, 5) is 25.3. The van der Waals surface area contributed by atoms with Gasteiger partial charge in [-0.15, -0.1) is 0 Å². The van der Waals surface area contributed by atoms with Crippen molar-refractivity contribution in [2.45, 2.75) is 12.6 Å². The number of likely N-dealkylation sites (N-methyl/N-ethyl adjacent to an activating group) is 1. The van der Waals surface area contributed by atoms with Gasteiger partial charge in [0.2, 0.25) is 0 Å². The summed E-state index contributed by atoms with van der Waals surface area (Å²) in [6.07, 6.45) is 1.61. The van der Waals surface area contributed by atoms with Crippen molar-refractivity contribution in [2.75, 3.05) is 27.7 Å². The van der Waals surface area contributed by atoms with Crippen LogP contribution in [0.25, 0.3) is 0 Å². The molecule has 25 heavy (non-hydrogen) atoms. The minimum Gasteiger partial charge on any atom is -0.468 e. The van der Waals surface area contributed by atoms with Gasteiger partial charge in [-0.3, -0.25) is 4.90 Å². The molecule has 1 atom stereocenters. The summed E-state index contributed by atoms with van der Waals surface area (Å²) in [6.45, 7) is 0.786. The van der Waals surface area contributed by atoms with E-state index in [1.807, 2.05) is 31.1 Å². The molecule has 1 aromatic carbocycles. The van der Waals surface area contributed by atoms with Crippen molar-refractivity contribution in [2.24, 2.45) is 0 Å². The van der Waals surface area contributed by atoms with E-state index in [9.17, 15) is 9.59 Å². The Kier molecular flexibility index (Phi) is 6.59. The number of nitrogens with zero attached hydrogens (tertiary/aromatic N) is 1. The molecule has 7 heteroatoms. The fourth-order valence-corrected chi connectivity index (χ4v) is 2.33. The second kappa shape index (κ2) is 8.89. The van der Waals surface area contributed by atoms with Gasteiger partial charge in [0, 0.05) is 13.1 Å². The van der Waals surface area contributed by atoms with Gasteiger partial charge in [0.1, 0.15) is 5.76 Å². The molecule has 0 aliphatic rings. The third kappa shape index (κ3) is 5.36. The number of hydrogen-bond acceptors (Lipinski definition) is 5. The van der Waals surface area contributed by atoms with Crippen molar-refractivity contribution in [1.29, 1.82) is 0 Å². The quantitative estimate of drug-likeness (QED) is 0.752. The van der Waals surface area contributed by atoms with Crippen LogP contribution in [-0.4, -0.2) is 44.7 Å². The van der Waals surface area contributed by atoms with E-state index in [0.29, 0.717) is 18.7 Å². The number of amides is 2. The van der Waals surface area contributed by atoms with Gasteiger partial charge >= 0.3 is 12.0 Å². The van der Waals surface area contributed by atoms with Crippen LogP contribution < -0.4 is 10.6 Å². The van der Waals surface area contributed by atoms with Crippen molar-refractivity contribution < 1.29 is 18.7 Å². The Labute approximate surface area is 146 Å². The minimum atomic E-state index is -0.384. The maximum atomic E-state index is 12.0. The van der Waals surface area contributed by atoms with Gasteiger partial charge in [0.05, 0.1) is 25.0 Å². The molecule has 0 saturated heterocycles. The SMILES string of the molecule is COC(=O)c1ccc(CNC(=O)NCC(c2ccco2)N(C)C)cc1. The molecule has 0 radical (unpaired) electrons. The number of urea groups is 1. The van der Waals surface area contributed by atoms with E-state index < -0.39 is 0 Å². The van der Waals surface area contributed by atoms with Crippen molar-refractivity contribution in [3.8, 4) is 0 Å². The third-order valence-corrected chi connectivity index (χ3v) is 3.78. The summed E-state index contributed by atoms with van der Waals surface area (Å²) in [5, 5.41) is 5.62. The molecule has 0 aliphatic carbocycles. The summed E-state index contributed by atoms with van der Waals surface area (Å²) < 4.78 is 10.1. The molecule has 0 aliphatic heterocycles. The Morgan fingerprint density at radius 3 is 2.44 bits per heavy atom. The van der Waals surface area contributed by atoms with E-state index in [0.717, 1.165) is 11.3 Å². The van der Waals surface area contributed by atoms with E-state index in [-0.39, 0.29) is 18.0 Å². The van der Waals surface area contributed by atoms with Crippen LogP contribution in [0.5, 0.6) is 0 Å². The standard InChI is InChI=1S/C18H23N3O4/c1-21(2)15(16-5-4-10-25-16)12-20-18(23)19-11-13-6-8-14(9-7-13)17(22)24-3/h4-10,15H,11-12H2,1-3H3,(H2,19,20,23). The molecule has 1 unspecified atom stereocenters. The Hall–Kier alpha value is -2.80. The number of hydrogen-bond donors (Lipinski definition) is 2. The molecule has 1 aromatic heterocycles. The Morgan fingerprint density at radius 1 is 1.16 bits per heavy atom. The maximum absolute atomic E-state index is 12.0. The van der Waals surface area contributed by atoms with Crippen molar-refractivity contribution in [1.82, 2.24) is 15.5 Å². The van der Waals surface area contributed by atoms with Gasteiger partial charge in [-0.1, -0.05) is 12.1 Å². The van der Waals surface area contributed by atoms with E-state index in [1.54, 1.807) is 30.5 Å². The second-order valence-electron chi connectivity index (χ2n) is 5.75. The van der Waals surface area contributed by atoms with Gasteiger partial charge in [-0.05, 0) is 43.9 Å². The smallest absolute Gasteiger partial charge is 0.337 e. The van der Waals surface area contributed by atoms with Crippen molar-refractivity contribution in [3.05, 3.63) is 59.5 Å². The molecule has 0 fully saturated rings. The third-order valence-electron chi connectivity index (χ3n) is 3.78. The maximum Gasteiger partial charge on any atom is 0.337 e. The average molecular weight is 345 g/mol. The van der Waals surface area contributed by atoms with E-state index in [2.05, 4.69) is 15.4 Å². The zero-order valence-corrected chi connectivity index (χ0v) is 14.6. The lowest BCUT2D eigenvalue weighted by Gasteiger charge is -2.22. The first kappa shape index (κ1) is 18.5. The second-order valence-corrected chi connectivity index (χ2v) is 5.75. The van der Waals surface area contributed by atoms with E-state index in [4.69, 9.17) is 4.42 Å². The first-order chi connectivity index (χ1) is 12.0. The lowest BCUT2D eigenvalue weighted by atomic mass is 10.1. The molecular weight excluding hydrogens is 322 g/mol. The number of benzene rings is 1. The van der Waals surface area contributed by atoms with Crippen LogP contribution in [0.15, 0.2) is 47.1 Å². The number of ether oxygens (including phenoxy) is 1. The average Bonchev–Trinajstić information content (AvgIpc) is 3.14. The van der Waals surface area contributed by atoms with Crippen LogP contribution in [0.2, 0.25) is 0 Å². The lowest BCUT2D eigenvalue weighted by Crippen LogP contribution is -2.40. The highest BCUT2D eigenvalue weighted by Gasteiger charge is 2.17. The van der Waals surface area contributed by atoms with E-state index in [1.165, 1.54) is 7.11 Å². The lowest BCUT2D eigenvalue weighted by molar-refractivity contribution is 0.0600. The van der Waals surface area contributed by atoms with Crippen molar-refractivity contribution in [3.63, 3.8) is 0 Å². The van der Waals surface area contributed by atoms with Gasteiger partial charge in [-0.2, -0.15) is 0 Å². The van der Waals surface area contributed by atoms with Crippen LogP contribution in [0.1, 0.15) is 27.7 Å². The number of esters is 1. The summed E-state index contributed by atoms with van der Waals surface area (Å²) >= 11 is 0. The largest absolute Gasteiger partial charge is 0.468 e. The summed E-state index contributed by atoms with van der Waals surface area (Å²) in [5.74, 6) is 0.411. The molecule has 7 nitrogen and oxygen atoms in total. The molecule has 0 saturated carbocycles. The number of rotatable bonds is 7. The van der Waals surface area contributed by atoms with Gasteiger partial charge in [-0.25, -0.2) is 9.59 Å². The zero-order chi connectivity index (χ0) is 18.2. The molecule has 2 rings (SSSR count). The monoisotopic (exact) mass is 345 g/mol. The Morgan fingerprint density at radius 2 is 1.88 bits per heavy atom. The molecule has 2 amide bonds. The minimum absolute atomic E-state index is 0.0416. The number of carbonyl (C=O) groups is 2. The molecule has 0 bridgehead atoms. The highest BCUT2D eigenvalue weighted by molar-refractivity contribution is 5.89. The fourth-order valence-electron chi connectivity index (χ4n) is 2.33. The summed E-state index contributed by atoms with van der Waals surface area (Å²) in [7, 11) is 5.19. The van der Waals surface area contributed by atoms with Crippen LogP contribution in [-0.2, 0) is 11.3 Å². The number of nitrogens with one attached hydrogen (secondary N) is 2. The van der Waals surface area contributed by atoms with Crippen LogP contribution >= 0.6 is 0 Å². The summed E-state index contributed by atoms with van der Waals surface area (Å²) in [5.41, 5.74) is 1.36. The predicted molar refractivity (Wildman–Crippen MR) is 93.2 cm³/mol. The van der Waals surface area contributed by atoms with Crippen molar-refractivity contribution >= 4 is 12.0 Å². The first-order valence-electron chi connectivity index (χ1n) is 7.90. The van der Waals surface area contributed by atoms with Gasteiger partial charge < -0.3 is 19.8 Å². The van der Waals surface area contributed by atoms with Crippen LogP contribution in [0.3, 0.4) is 0 Å². The number of furan rings is 1. The topological polar surface area (TPSA) is 83.8 Å². The van der Waals surface area contributed by atoms with Gasteiger partial charge in [0.25, 0.3) is 0 Å². The number of carbonyl (C=O) groups excluding carboxylic acids is 2. The first-order valence-corrected chi connectivity index (χ1v) is 7.90. The van der Waals surface area contributed by atoms with Crippen LogP contribution in [0, 0.1) is 0 Å². The van der Waals surface area contributed by atoms with Crippen LogP contribution in [0.4, 0.5) is 4.79 Å². The zero-order valence-electron chi connectivity index (χ0n) is 14.6. The highest BCUT2D eigenvalue weighted by Crippen LogP contribution is 2.17. The summed E-state index contributed by atoms with van der Waals surface area (Å²) in [6, 6.07) is 10.3. The Balaban J connectivity index is 1.81. The molecule has 2 aromatic rings. The molecule has 1 heterocycles. The normalized spacial score (nSPS) is 11.8. The predicted octanol–water partition coefficient (Wildman–Crippen LogP) is 2.17. The highest BCUT2D eigenvalue weighted by atomic mass is 16.5. The fraction of sp³-hybridized carbons (Fsp3) is 0.333. The van der Waals surface area contributed by atoms with E-state index >= 15 is 0 Å². The molecule has 2 N–H and O–H groups in total. The molecule has 0 spiro atoms.